The van der Waals surface area contributed by atoms with E-state index >= 15 is 0 Å². The van der Waals surface area contributed by atoms with Gasteiger partial charge in [-0.1, -0.05) is 30.3 Å². The lowest BCUT2D eigenvalue weighted by Crippen LogP contribution is -2.52. The van der Waals surface area contributed by atoms with Gasteiger partial charge in [-0.15, -0.1) is 0 Å². The van der Waals surface area contributed by atoms with Crippen molar-refractivity contribution in [2.75, 3.05) is 46.5 Å². The number of benzene rings is 1. The second-order valence-electron chi connectivity index (χ2n) is 9.49. The van der Waals surface area contributed by atoms with Gasteiger partial charge in [-0.05, 0) is 31.2 Å². The van der Waals surface area contributed by atoms with E-state index in [2.05, 4.69) is 5.32 Å². The number of ether oxygens (including phenoxy) is 1. The van der Waals surface area contributed by atoms with E-state index in [9.17, 15) is 32.4 Å². The predicted molar refractivity (Wildman–Crippen MR) is 141 cm³/mol. The monoisotopic (exact) mass is 567 g/mol. The third-order valence-electron chi connectivity index (χ3n) is 5.95. The first-order valence-electron chi connectivity index (χ1n) is 12.6. The van der Waals surface area contributed by atoms with Gasteiger partial charge < -0.3 is 24.8 Å². The van der Waals surface area contributed by atoms with Gasteiger partial charge in [0.1, 0.15) is 19.2 Å². The van der Waals surface area contributed by atoms with Crippen LogP contribution in [-0.4, -0.2) is 105 Å². The van der Waals surface area contributed by atoms with E-state index in [-0.39, 0.29) is 31.9 Å². The number of amides is 5. The number of likely N-dealkylation sites (N-methyl/N-ethyl adjacent to an activating group) is 2. The molecule has 0 radical (unpaired) electrons. The number of sulfonamides is 1. The van der Waals surface area contributed by atoms with E-state index in [1.54, 1.807) is 29.2 Å². The minimum atomic E-state index is -3.80. The Morgan fingerprint density at radius 2 is 1.59 bits per heavy atom. The van der Waals surface area contributed by atoms with E-state index in [4.69, 9.17) is 4.74 Å². The van der Waals surface area contributed by atoms with Crippen LogP contribution in [0, 0.1) is 0 Å². The van der Waals surface area contributed by atoms with Gasteiger partial charge >= 0.3 is 6.09 Å². The summed E-state index contributed by atoms with van der Waals surface area (Å²) in [4.78, 5) is 66.7. The van der Waals surface area contributed by atoms with E-state index in [0.717, 1.165) is 40.9 Å². The van der Waals surface area contributed by atoms with Crippen molar-refractivity contribution < 1.29 is 37.1 Å². The van der Waals surface area contributed by atoms with Crippen molar-refractivity contribution in [2.45, 2.75) is 44.8 Å². The first-order valence-corrected chi connectivity index (χ1v) is 14.5. The van der Waals surface area contributed by atoms with Gasteiger partial charge in [-0.3, -0.25) is 23.9 Å². The molecule has 2 rings (SSSR count). The summed E-state index contributed by atoms with van der Waals surface area (Å²) >= 11 is 0. The molecule has 0 saturated carbocycles. The minimum absolute atomic E-state index is 0.0119. The molecule has 1 aliphatic rings. The van der Waals surface area contributed by atoms with Crippen molar-refractivity contribution >= 4 is 39.7 Å². The van der Waals surface area contributed by atoms with E-state index in [0.29, 0.717) is 13.1 Å². The van der Waals surface area contributed by atoms with Crippen LogP contribution >= 0.6 is 0 Å². The fraction of sp³-hybridized carbons (Fsp3) is 0.560. The molecule has 0 aliphatic carbocycles. The van der Waals surface area contributed by atoms with Gasteiger partial charge in [0, 0.05) is 33.6 Å². The zero-order chi connectivity index (χ0) is 29.0. The Bertz CT molecular complexity index is 1120. The molecule has 1 saturated heterocycles. The van der Waals surface area contributed by atoms with E-state index < -0.39 is 46.4 Å². The summed E-state index contributed by atoms with van der Waals surface area (Å²) < 4.78 is 29.7. The lowest BCUT2D eigenvalue weighted by atomic mass is 10.1. The lowest BCUT2D eigenvalue weighted by molar-refractivity contribution is -0.142. The van der Waals surface area contributed by atoms with Gasteiger partial charge in [0.2, 0.25) is 33.7 Å². The second-order valence-corrected chi connectivity index (χ2v) is 11.2. The number of carbonyl (C=O) groups is 5. The topological polar surface area (TPSA) is 162 Å². The molecule has 14 heteroatoms. The number of nitrogens with zero attached hydrogens (tertiary/aromatic N) is 3. The Balaban J connectivity index is 1.99. The number of carbonyl (C=O) groups excluding carboxylic acids is 5. The summed E-state index contributed by atoms with van der Waals surface area (Å²) in [6, 6.07) is 7.74. The quantitative estimate of drug-likeness (QED) is 0.358. The second kappa shape index (κ2) is 15.0. The number of nitrogens with one attached hydrogen (secondary N) is 2. The predicted octanol–water partition coefficient (Wildman–Crippen LogP) is 0.0667. The Morgan fingerprint density at radius 1 is 0.949 bits per heavy atom. The summed E-state index contributed by atoms with van der Waals surface area (Å²) in [5, 5.41) is 2.49. The Kier molecular flexibility index (Phi) is 12.2. The molecule has 216 valence electrons. The van der Waals surface area contributed by atoms with Gasteiger partial charge in [-0.2, -0.15) is 0 Å². The summed E-state index contributed by atoms with van der Waals surface area (Å²) in [7, 11) is -1.04. The highest BCUT2D eigenvalue weighted by atomic mass is 32.2. The smallest absolute Gasteiger partial charge is 0.410 e. The number of hydrogen-bond donors (Lipinski definition) is 2. The lowest BCUT2D eigenvalue weighted by Gasteiger charge is -2.30. The maximum absolute atomic E-state index is 13.2. The largest absolute Gasteiger partial charge is 0.445 e. The first-order chi connectivity index (χ1) is 18.4. The summed E-state index contributed by atoms with van der Waals surface area (Å²) in [6.07, 6.45) is 2.27. The highest BCUT2D eigenvalue weighted by Gasteiger charge is 2.28. The molecule has 1 heterocycles. The highest BCUT2D eigenvalue weighted by Crippen LogP contribution is 2.10. The zero-order valence-corrected chi connectivity index (χ0v) is 23.4. The molecule has 1 aromatic carbocycles. The standard InChI is InChI=1S/C25H37N5O8S/c1-28(17-23(33)30-14-8-5-9-15-30)24(34)20(12-13-21(31)27-39(3,36)37)26-22(32)16-29(2)25(35)38-18-19-10-6-4-7-11-19/h4,6-7,10-11,20H,5,8-9,12-18H2,1-3H3,(H,26,32)(H,27,31)/t20-/m0/s1. The molecule has 13 nitrogen and oxygen atoms in total. The van der Waals surface area contributed by atoms with Crippen LogP contribution < -0.4 is 10.0 Å². The molecular formula is C25H37N5O8S. The van der Waals surface area contributed by atoms with Crippen molar-refractivity contribution in [2.24, 2.45) is 0 Å². The number of likely N-dealkylation sites (tertiary alicyclic amines) is 1. The summed E-state index contributed by atoms with van der Waals surface area (Å²) in [5.41, 5.74) is 0.767. The normalized spacial score (nSPS) is 14.1. The van der Waals surface area contributed by atoms with Crippen LogP contribution in [0.25, 0.3) is 0 Å². The zero-order valence-electron chi connectivity index (χ0n) is 22.6. The maximum atomic E-state index is 13.2. The van der Waals surface area contributed by atoms with Crippen LogP contribution in [0.15, 0.2) is 30.3 Å². The summed E-state index contributed by atoms with van der Waals surface area (Å²) in [5.74, 6) is -2.41. The molecule has 1 aliphatic heterocycles. The SMILES string of the molecule is CN(CC(=O)N[C@@H](CCC(=O)NS(C)(=O)=O)C(=O)N(C)CC(=O)N1CCCCC1)C(=O)OCc1ccccc1. The van der Waals surface area contributed by atoms with E-state index in [1.807, 2.05) is 10.8 Å². The van der Waals surface area contributed by atoms with E-state index in [1.165, 1.54) is 14.1 Å². The van der Waals surface area contributed by atoms with Crippen molar-refractivity contribution in [3.8, 4) is 0 Å². The minimum Gasteiger partial charge on any atom is -0.445 e. The fourth-order valence-electron chi connectivity index (χ4n) is 3.93. The van der Waals surface area contributed by atoms with Crippen LogP contribution in [0.3, 0.4) is 0 Å². The van der Waals surface area contributed by atoms with Crippen LogP contribution in [0.1, 0.15) is 37.7 Å². The first kappa shape index (κ1) is 31.5. The van der Waals surface area contributed by atoms with Crippen LogP contribution in [0.4, 0.5) is 4.79 Å². The molecule has 0 spiro atoms. The average Bonchev–Trinajstić information content (AvgIpc) is 2.89. The van der Waals surface area contributed by atoms with Crippen molar-refractivity contribution in [3.63, 3.8) is 0 Å². The third-order valence-corrected chi connectivity index (χ3v) is 6.55. The Hall–Kier alpha value is -3.68. The maximum Gasteiger partial charge on any atom is 0.410 e. The van der Waals surface area contributed by atoms with Crippen LogP contribution in [-0.2, 0) is 40.5 Å². The van der Waals surface area contributed by atoms with Crippen molar-refractivity contribution in [1.29, 1.82) is 0 Å². The molecule has 39 heavy (non-hydrogen) atoms. The Labute approximate surface area is 228 Å². The number of rotatable bonds is 12. The molecule has 1 aromatic rings. The third kappa shape index (κ3) is 11.7. The molecule has 0 aromatic heterocycles. The Morgan fingerprint density at radius 3 is 2.21 bits per heavy atom. The summed E-state index contributed by atoms with van der Waals surface area (Å²) in [6.45, 7) is 0.576. The van der Waals surface area contributed by atoms with Gasteiger partial charge in [0.05, 0.1) is 12.8 Å². The molecule has 0 unspecified atom stereocenters. The van der Waals surface area contributed by atoms with Gasteiger partial charge in [0.15, 0.2) is 0 Å². The molecule has 1 fully saturated rings. The number of hydrogen-bond acceptors (Lipinski definition) is 8. The molecular weight excluding hydrogens is 530 g/mol. The molecule has 5 amide bonds. The van der Waals surface area contributed by atoms with Crippen LogP contribution in [0.5, 0.6) is 0 Å². The molecule has 1 atom stereocenters. The van der Waals surface area contributed by atoms with Crippen LogP contribution in [0.2, 0.25) is 0 Å². The number of piperidine rings is 1. The highest BCUT2D eigenvalue weighted by molar-refractivity contribution is 7.89. The average molecular weight is 568 g/mol. The fourth-order valence-corrected chi connectivity index (χ4v) is 4.45. The van der Waals surface area contributed by atoms with Crippen molar-refractivity contribution in [1.82, 2.24) is 24.7 Å². The van der Waals surface area contributed by atoms with Crippen molar-refractivity contribution in [3.05, 3.63) is 35.9 Å². The van der Waals surface area contributed by atoms with Gasteiger partial charge in [-0.25, -0.2) is 13.2 Å². The van der Waals surface area contributed by atoms with Gasteiger partial charge in [0.25, 0.3) is 0 Å². The molecule has 2 N–H and O–H groups in total. The molecule has 0 bridgehead atoms.